The fourth-order valence-electron chi connectivity index (χ4n) is 3.50. The van der Waals surface area contributed by atoms with E-state index in [1.165, 1.54) is 24.2 Å². The van der Waals surface area contributed by atoms with Gasteiger partial charge in [0.15, 0.2) is 0 Å². The molecule has 1 atom stereocenters. The number of ether oxygens (including phenoxy) is 1. The topological polar surface area (TPSA) is 124 Å². The summed E-state index contributed by atoms with van der Waals surface area (Å²) in [7, 11) is 1.51. The van der Waals surface area contributed by atoms with E-state index in [0.717, 1.165) is 0 Å². The van der Waals surface area contributed by atoms with Crippen LogP contribution in [0.2, 0.25) is 0 Å². The molecule has 0 aliphatic carbocycles. The first kappa shape index (κ1) is 19.1. The monoisotopic (exact) mass is 406 g/mol. The molecule has 10 nitrogen and oxygen atoms in total. The van der Waals surface area contributed by atoms with Crippen molar-refractivity contribution in [3.8, 4) is 5.75 Å². The van der Waals surface area contributed by atoms with Crippen molar-refractivity contribution in [1.82, 2.24) is 14.8 Å². The zero-order chi connectivity index (χ0) is 21.3. The Kier molecular flexibility index (Phi) is 4.88. The van der Waals surface area contributed by atoms with Crippen LogP contribution in [0.15, 0.2) is 66.1 Å². The first-order valence-electron chi connectivity index (χ1n) is 9.06. The molecule has 10 heteroatoms. The number of amides is 1. The number of benzene rings is 2. The molecule has 0 saturated heterocycles. The molecule has 0 unspecified atom stereocenters. The highest BCUT2D eigenvalue weighted by Gasteiger charge is 2.37. The lowest BCUT2D eigenvalue weighted by atomic mass is 9.93. The van der Waals surface area contributed by atoms with Crippen molar-refractivity contribution in [2.24, 2.45) is 0 Å². The van der Waals surface area contributed by atoms with Gasteiger partial charge in [-0.25, -0.2) is 4.68 Å². The molecule has 0 bridgehead atoms. The van der Waals surface area contributed by atoms with Gasteiger partial charge in [0.2, 0.25) is 5.95 Å². The number of nitro benzene ring substituents is 1. The van der Waals surface area contributed by atoms with Crippen molar-refractivity contribution in [2.75, 3.05) is 17.7 Å². The number of rotatable bonds is 5. The molecule has 1 amide bonds. The van der Waals surface area contributed by atoms with Gasteiger partial charge in [0.1, 0.15) is 18.1 Å². The van der Waals surface area contributed by atoms with Gasteiger partial charge in [-0.05, 0) is 25.1 Å². The highest BCUT2D eigenvalue weighted by atomic mass is 16.6. The van der Waals surface area contributed by atoms with Gasteiger partial charge in [0.25, 0.3) is 11.6 Å². The van der Waals surface area contributed by atoms with Crippen molar-refractivity contribution < 1.29 is 14.5 Å². The maximum Gasteiger partial charge on any atom is 0.275 e. The molecule has 3 aromatic rings. The standard InChI is InChI=1S/C20H18N6O4/c1-12-17(19(27)24-14-8-4-6-10-16(14)30-2)18(25-20(23-12)21-11-22-25)13-7-3-5-9-15(13)26(28)29/h3-11,18H,1-2H3,(H,24,27)(H,21,22,23)/t18-/m0/s1. The Bertz CT molecular complexity index is 1170. The van der Waals surface area contributed by atoms with E-state index in [1.54, 1.807) is 49.4 Å². The maximum absolute atomic E-state index is 13.3. The third-order valence-corrected chi connectivity index (χ3v) is 4.82. The highest BCUT2D eigenvalue weighted by Crippen LogP contribution is 2.39. The number of nitro groups is 1. The number of carbonyl (C=O) groups excluding carboxylic acids is 1. The molecule has 30 heavy (non-hydrogen) atoms. The summed E-state index contributed by atoms with van der Waals surface area (Å²) in [5.74, 6) is 0.454. The van der Waals surface area contributed by atoms with Crippen LogP contribution in [0, 0.1) is 10.1 Å². The van der Waals surface area contributed by atoms with Crippen molar-refractivity contribution >= 4 is 23.2 Å². The van der Waals surface area contributed by atoms with E-state index in [-0.39, 0.29) is 11.3 Å². The van der Waals surface area contributed by atoms with Gasteiger partial charge in [-0.15, -0.1) is 0 Å². The van der Waals surface area contributed by atoms with Gasteiger partial charge in [-0.3, -0.25) is 14.9 Å². The summed E-state index contributed by atoms with van der Waals surface area (Å²) >= 11 is 0. The van der Waals surface area contributed by atoms with Crippen molar-refractivity contribution in [2.45, 2.75) is 13.0 Å². The Morgan fingerprint density at radius 3 is 2.73 bits per heavy atom. The third-order valence-electron chi connectivity index (χ3n) is 4.82. The van der Waals surface area contributed by atoms with Gasteiger partial charge in [-0.1, -0.05) is 24.3 Å². The van der Waals surface area contributed by atoms with Gasteiger partial charge >= 0.3 is 0 Å². The number of hydrogen-bond acceptors (Lipinski definition) is 7. The zero-order valence-electron chi connectivity index (χ0n) is 16.2. The Labute approximate surface area is 171 Å². The third kappa shape index (κ3) is 3.24. The van der Waals surface area contributed by atoms with Crippen LogP contribution >= 0.6 is 0 Å². The van der Waals surface area contributed by atoms with Crippen molar-refractivity contribution in [3.63, 3.8) is 0 Å². The SMILES string of the molecule is COc1ccccc1NC(=O)C1=C(C)Nc2ncnn2[C@H]1c1ccccc1[N+](=O)[O-]. The van der Waals surface area contributed by atoms with Crippen molar-refractivity contribution in [1.29, 1.82) is 0 Å². The van der Waals surface area contributed by atoms with Crippen LogP contribution in [0.5, 0.6) is 5.75 Å². The van der Waals surface area contributed by atoms with Crippen LogP contribution in [-0.4, -0.2) is 32.7 Å². The number of anilines is 2. The first-order chi connectivity index (χ1) is 14.5. The number of allylic oxidation sites excluding steroid dienone is 1. The number of hydrogen-bond donors (Lipinski definition) is 2. The van der Waals surface area contributed by atoms with Crippen LogP contribution in [0.4, 0.5) is 17.3 Å². The molecule has 0 saturated carbocycles. The highest BCUT2D eigenvalue weighted by molar-refractivity contribution is 6.06. The minimum absolute atomic E-state index is 0.110. The normalized spacial score (nSPS) is 15.2. The lowest BCUT2D eigenvalue weighted by Gasteiger charge is -2.28. The largest absolute Gasteiger partial charge is 0.495 e. The molecule has 2 N–H and O–H groups in total. The molecule has 0 fully saturated rings. The van der Waals surface area contributed by atoms with Gasteiger partial charge in [0, 0.05) is 11.8 Å². The van der Waals surface area contributed by atoms with Gasteiger partial charge in [-0.2, -0.15) is 10.1 Å². The number of methoxy groups -OCH3 is 1. The van der Waals surface area contributed by atoms with Gasteiger partial charge < -0.3 is 15.4 Å². The van der Waals surface area contributed by atoms with E-state index >= 15 is 0 Å². The average Bonchev–Trinajstić information content (AvgIpc) is 3.21. The fourth-order valence-corrected chi connectivity index (χ4v) is 3.50. The van der Waals surface area contributed by atoms with Crippen LogP contribution in [0.3, 0.4) is 0 Å². The minimum atomic E-state index is -0.833. The van der Waals surface area contributed by atoms with E-state index < -0.39 is 16.9 Å². The summed E-state index contributed by atoms with van der Waals surface area (Å²) in [6.07, 6.45) is 1.33. The molecule has 2 aromatic carbocycles. The lowest BCUT2D eigenvalue weighted by molar-refractivity contribution is -0.385. The second-order valence-corrected chi connectivity index (χ2v) is 6.56. The van der Waals surface area contributed by atoms with Crippen LogP contribution in [-0.2, 0) is 4.79 Å². The summed E-state index contributed by atoms with van der Waals surface area (Å²) in [5.41, 5.74) is 1.51. The van der Waals surface area contributed by atoms with Crippen LogP contribution in [0.1, 0.15) is 18.5 Å². The summed E-state index contributed by atoms with van der Waals surface area (Å²) in [4.78, 5) is 28.7. The lowest BCUT2D eigenvalue weighted by Crippen LogP contribution is -2.32. The number of aromatic nitrogens is 3. The molecule has 1 aromatic heterocycles. The van der Waals surface area contributed by atoms with Gasteiger partial charge in [0.05, 0.1) is 28.9 Å². The Morgan fingerprint density at radius 1 is 1.23 bits per heavy atom. The van der Waals surface area contributed by atoms with E-state index in [0.29, 0.717) is 28.6 Å². The summed E-state index contributed by atoms with van der Waals surface area (Å²) in [5, 5.41) is 21.7. The Hall–Kier alpha value is -4.21. The summed E-state index contributed by atoms with van der Waals surface area (Å²) in [6.45, 7) is 1.72. The average molecular weight is 406 g/mol. The molecule has 1 aliphatic rings. The quantitative estimate of drug-likeness (QED) is 0.493. The zero-order valence-corrected chi connectivity index (χ0v) is 16.2. The Morgan fingerprint density at radius 2 is 1.97 bits per heavy atom. The van der Waals surface area contributed by atoms with E-state index in [4.69, 9.17) is 4.74 Å². The Balaban J connectivity index is 1.83. The molecule has 0 spiro atoms. The molecular weight excluding hydrogens is 388 g/mol. The van der Waals surface area contributed by atoms with E-state index in [2.05, 4.69) is 20.7 Å². The predicted octanol–water partition coefficient (Wildman–Crippen LogP) is 3.12. The second kappa shape index (κ2) is 7.66. The molecule has 152 valence electrons. The predicted molar refractivity (Wildman–Crippen MR) is 109 cm³/mol. The number of carbonyl (C=O) groups is 1. The molecule has 0 radical (unpaired) electrons. The van der Waals surface area contributed by atoms with Crippen molar-refractivity contribution in [3.05, 3.63) is 81.8 Å². The van der Waals surface area contributed by atoms with E-state index in [9.17, 15) is 14.9 Å². The maximum atomic E-state index is 13.3. The summed E-state index contributed by atoms with van der Waals surface area (Å²) in [6, 6.07) is 12.5. The minimum Gasteiger partial charge on any atom is -0.495 e. The number of para-hydroxylation sites is 3. The molecule has 2 heterocycles. The fraction of sp³-hybridized carbons (Fsp3) is 0.150. The molecular formula is C20H18N6O4. The number of nitrogens with zero attached hydrogens (tertiary/aromatic N) is 4. The van der Waals surface area contributed by atoms with E-state index in [1.807, 2.05) is 0 Å². The smallest absolute Gasteiger partial charge is 0.275 e. The molecule has 1 aliphatic heterocycles. The van der Waals surface area contributed by atoms with Crippen LogP contribution in [0.25, 0.3) is 0 Å². The number of nitrogens with one attached hydrogen (secondary N) is 2. The second-order valence-electron chi connectivity index (χ2n) is 6.56. The summed E-state index contributed by atoms with van der Waals surface area (Å²) < 4.78 is 6.77. The van der Waals surface area contributed by atoms with Crippen LogP contribution < -0.4 is 15.4 Å². The molecule has 4 rings (SSSR count). The number of fused-ring (bicyclic) bond motifs is 1. The first-order valence-corrected chi connectivity index (χ1v) is 9.06.